The highest BCUT2D eigenvalue weighted by Gasteiger charge is 2.20. The summed E-state index contributed by atoms with van der Waals surface area (Å²) in [7, 11) is 0. The molecule has 116 valence electrons. The Bertz CT molecular complexity index is 484. The maximum atomic E-state index is 10.7. The highest BCUT2D eigenvalue weighted by atomic mass is 16.4. The zero-order chi connectivity index (χ0) is 15.3. The molecular weight excluding hydrogens is 268 g/mol. The summed E-state index contributed by atoms with van der Waals surface area (Å²) in [5.41, 5.74) is -0.314. The summed E-state index contributed by atoms with van der Waals surface area (Å²) in [6.07, 6.45) is 5.96. The Morgan fingerprint density at radius 2 is 2.05 bits per heavy atom. The average molecular weight is 292 g/mol. The fourth-order valence-corrected chi connectivity index (χ4v) is 2.54. The molecule has 21 heavy (non-hydrogen) atoms. The SMILES string of the molecule is CC(C)(CCC(=O)O)Nc1cc(N2CCCCC2)ncn1. The van der Waals surface area contributed by atoms with Crippen LogP contribution in [0.3, 0.4) is 0 Å². The van der Waals surface area contributed by atoms with Gasteiger partial charge in [0.2, 0.25) is 0 Å². The van der Waals surface area contributed by atoms with Gasteiger partial charge >= 0.3 is 5.97 Å². The number of nitrogens with one attached hydrogen (secondary N) is 1. The third kappa shape index (κ3) is 4.88. The second-order valence-electron chi connectivity index (χ2n) is 6.21. The van der Waals surface area contributed by atoms with Gasteiger partial charge in [0.15, 0.2) is 0 Å². The van der Waals surface area contributed by atoms with Crippen LogP contribution in [0, 0.1) is 0 Å². The number of carboxylic acid groups (broad SMARTS) is 1. The topological polar surface area (TPSA) is 78.4 Å². The molecule has 0 bridgehead atoms. The van der Waals surface area contributed by atoms with Gasteiger partial charge < -0.3 is 15.3 Å². The van der Waals surface area contributed by atoms with Crippen molar-refractivity contribution in [1.29, 1.82) is 0 Å². The highest BCUT2D eigenvalue weighted by molar-refractivity contribution is 5.66. The predicted molar refractivity (Wildman–Crippen MR) is 82.7 cm³/mol. The maximum absolute atomic E-state index is 10.7. The van der Waals surface area contributed by atoms with E-state index in [2.05, 4.69) is 20.2 Å². The molecule has 2 rings (SSSR count). The molecule has 1 aliphatic rings. The molecule has 0 aromatic carbocycles. The van der Waals surface area contributed by atoms with Crippen LogP contribution in [0.15, 0.2) is 12.4 Å². The lowest BCUT2D eigenvalue weighted by atomic mass is 9.98. The van der Waals surface area contributed by atoms with Crippen LogP contribution >= 0.6 is 0 Å². The Balaban J connectivity index is 2.01. The van der Waals surface area contributed by atoms with Crippen molar-refractivity contribution in [2.75, 3.05) is 23.3 Å². The number of hydrogen-bond donors (Lipinski definition) is 2. The molecule has 2 heterocycles. The average Bonchev–Trinajstić information content (AvgIpc) is 2.46. The Morgan fingerprint density at radius 3 is 2.71 bits per heavy atom. The number of carboxylic acids is 1. The zero-order valence-corrected chi connectivity index (χ0v) is 12.8. The first-order valence-corrected chi connectivity index (χ1v) is 7.53. The lowest BCUT2D eigenvalue weighted by Gasteiger charge is -2.29. The molecule has 0 unspecified atom stereocenters. The van der Waals surface area contributed by atoms with Gasteiger partial charge in [0.05, 0.1) is 0 Å². The van der Waals surface area contributed by atoms with Crippen molar-refractivity contribution in [3.63, 3.8) is 0 Å². The van der Waals surface area contributed by atoms with Crippen molar-refractivity contribution < 1.29 is 9.90 Å². The Kier molecular flexibility index (Phi) is 4.98. The van der Waals surface area contributed by atoms with Gasteiger partial charge in [-0.3, -0.25) is 4.79 Å². The molecular formula is C15H24N4O2. The van der Waals surface area contributed by atoms with Gasteiger partial charge in [-0.15, -0.1) is 0 Å². The number of aromatic nitrogens is 2. The number of rotatable bonds is 6. The zero-order valence-electron chi connectivity index (χ0n) is 12.8. The van der Waals surface area contributed by atoms with Crippen molar-refractivity contribution in [3.8, 4) is 0 Å². The van der Waals surface area contributed by atoms with Gasteiger partial charge in [-0.05, 0) is 39.5 Å². The third-order valence-electron chi connectivity index (χ3n) is 3.76. The summed E-state index contributed by atoms with van der Waals surface area (Å²) in [6, 6.07) is 1.95. The number of nitrogens with zero attached hydrogens (tertiary/aromatic N) is 3. The summed E-state index contributed by atoms with van der Waals surface area (Å²) in [6.45, 7) is 6.05. The van der Waals surface area contributed by atoms with Gasteiger partial charge in [0, 0.05) is 31.1 Å². The fourth-order valence-electron chi connectivity index (χ4n) is 2.54. The first-order valence-electron chi connectivity index (χ1n) is 7.53. The van der Waals surface area contributed by atoms with E-state index in [1.54, 1.807) is 6.33 Å². The Hall–Kier alpha value is -1.85. The number of carbonyl (C=O) groups is 1. The van der Waals surface area contributed by atoms with Crippen LogP contribution in [-0.2, 0) is 4.79 Å². The standard InChI is InChI=1S/C15H24N4O2/c1-15(2,7-6-14(20)21)18-12-10-13(17-11-16-12)19-8-4-3-5-9-19/h10-11H,3-9H2,1-2H3,(H,20,21)(H,16,17,18). The predicted octanol–water partition coefficient (Wildman–Crippen LogP) is 2.52. The molecule has 1 aliphatic heterocycles. The quantitative estimate of drug-likeness (QED) is 0.839. The molecule has 0 radical (unpaired) electrons. The second kappa shape index (κ2) is 6.74. The minimum atomic E-state index is -0.776. The maximum Gasteiger partial charge on any atom is 0.303 e. The molecule has 1 aromatic heterocycles. The van der Waals surface area contributed by atoms with Crippen molar-refractivity contribution in [3.05, 3.63) is 12.4 Å². The van der Waals surface area contributed by atoms with Crippen molar-refractivity contribution >= 4 is 17.6 Å². The number of aliphatic carboxylic acids is 1. The molecule has 2 N–H and O–H groups in total. The smallest absolute Gasteiger partial charge is 0.303 e. The largest absolute Gasteiger partial charge is 0.481 e. The van der Waals surface area contributed by atoms with E-state index >= 15 is 0 Å². The van der Waals surface area contributed by atoms with Gasteiger partial charge in [0.25, 0.3) is 0 Å². The summed E-state index contributed by atoms with van der Waals surface area (Å²) in [5, 5.41) is 12.1. The molecule has 1 aromatic rings. The summed E-state index contributed by atoms with van der Waals surface area (Å²) in [5.74, 6) is 0.920. The molecule has 0 amide bonds. The van der Waals surface area contributed by atoms with Gasteiger partial charge in [-0.25, -0.2) is 9.97 Å². The Labute approximate surface area is 125 Å². The van der Waals surface area contributed by atoms with Crippen LogP contribution in [0.1, 0.15) is 46.0 Å². The number of anilines is 2. The van der Waals surface area contributed by atoms with E-state index in [1.165, 1.54) is 19.3 Å². The molecule has 0 aliphatic carbocycles. The highest BCUT2D eigenvalue weighted by Crippen LogP contribution is 2.22. The molecule has 1 saturated heterocycles. The molecule has 0 spiro atoms. The monoisotopic (exact) mass is 292 g/mol. The first-order chi connectivity index (χ1) is 9.96. The third-order valence-corrected chi connectivity index (χ3v) is 3.76. The normalized spacial score (nSPS) is 15.8. The first kappa shape index (κ1) is 15.5. The van der Waals surface area contributed by atoms with Gasteiger partial charge in [0.1, 0.15) is 18.0 Å². The van der Waals surface area contributed by atoms with Crippen LogP contribution < -0.4 is 10.2 Å². The van der Waals surface area contributed by atoms with Crippen molar-refractivity contribution in [2.24, 2.45) is 0 Å². The van der Waals surface area contributed by atoms with E-state index < -0.39 is 5.97 Å². The van der Waals surface area contributed by atoms with Crippen LogP contribution in [0.2, 0.25) is 0 Å². The molecule has 0 saturated carbocycles. The van der Waals surface area contributed by atoms with Crippen LogP contribution in [0.25, 0.3) is 0 Å². The minimum Gasteiger partial charge on any atom is -0.481 e. The van der Waals surface area contributed by atoms with Crippen LogP contribution in [0.4, 0.5) is 11.6 Å². The van der Waals surface area contributed by atoms with E-state index in [9.17, 15) is 4.79 Å². The lowest BCUT2D eigenvalue weighted by molar-refractivity contribution is -0.137. The van der Waals surface area contributed by atoms with Gasteiger partial charge in [-0.2, -0.15) is 0 Å². The van der Waals surface area contributed by atoms with Crippen LogP contribution in [0.5, 0.6) is 0 Å². The lowest BCUT2D eigenvalue weighted by Crippen LogP contribution is -2.33. The second-order valence-corrected chi connectivity index (χ2v) is 6.21. The van der Waals surface area contributed by atoms with Crippen molar-refractivity contribution in [2.45, 2.75) is 51.5 Å². The molecule has 0 atom stereocenters. The van der Waals surface area contributed by atoms with Crippen LogP contribution in [-0.4, -0.2) is 39.7 Å². The fraction of sp³-hybridized carbons (Fsp3) is 0.667. The molecule has 1 fully saturated rings. The summed E-state index contributed by atoms with van der Waals surface area (Å²) >= 11 is 0. The van der Waals surface area contributed by atoms with E-state index in [-0.39, 0.29) is 12.0 Å². The van der Waals surface area contributed by atoms with E-state index in [0.29, 0.717) is 6.42 Å². The number of piperidine rings is 1. The molecule has 6 nitrogen and oxygen atoms in total. The van der Waals surface area contributed by atoms with Crippen molar-refractivity contribution in [1.82, 2.24) is 9.97 Å². The van der Waals surface area contributed by atoms with E-state index in [0.717, 1.165) is 24.7 Å². The van der Waals surface area contributed by atoms with E-state index in [4.69, 9.17) is 5.11 Å². The van der Waals surface area contributed by atoms with Gasteiger partial charge in [-0.1, -0.05) is 0 Å². The minimum absolute atomic E-state index is 0.143. The summed E-state index contributed by atoms with van der Waals surface area (Å²) < 4.78 is 0. The molecule has 6 heteroatoms. The van der Waals surface area contributed by atoms with E-state index in [1.807, 2.05) is 19.9 Å². The Morgan fingerprint density at radius 1 is 1.33 bits per heavy atom. The number of hydrogen-bond acceptors (Lipinski definition) is 5. The summed E-state index contributed by atoms with van der Waals surface area (Å²) in [4.78, 5) is 21.6.